The number of nitrogens with one attached hydrogen (secondary N) is 1. The second kappa shape index (κ2) is 6.51. The van der Waals surface area contributed by atoms with E-state index in [4.69, 9.17) is 4.74 Å². The molecule has 0 bridgehead atoms. The molecule has 116 valence electrons. The molecule has 2 aromatic rings. The van der Waals surface area contributed by atoms with Crippen molar-refractivity contribution in [2.75, 3.05) is 13.1 Å². The summed E-state index contributed by atoms with van der Waals surface area (Å²) in [5.41, 5.74) is 2.10. The molecular formula is C19H23NO2. The fourth-order valence-electron chi connectivity index (χ4n) is 3.19. The van der Waals surface area contributed by atoms with Gasteiger partial charge in [-0.15, -0.1) is 0 Å². The first kappa shape index (κ1) is 15.1. The minimum Gasteiger partial charge on any atom is -0.489 e. The third-order valence-corrected chi connectivity index (χ3v) is 4.65. The van der Waals surface area contributed by atoms with E-state index in [1.54, 1.807) is 0 Å². The Bertz CT molecular complexity index is 604. The SMILES string of the molecule is CC(O)C1(c2cccc(OCc3ccccc3)c2)CCNC1. The summed E-state index contributed by atoms with van der Waals surface area (Å²) in [7, 11) is 0. The van der Waals surface area contributed by atoms with Gasteiger partial charge in [-0.1, -0.05) is 42.5 Å². The van der Waals surface area contributed by atoms with Gasteiger partial charge in [0.05, 0.1) is 6.10 Å². The van der Waals surface area contributed by atoms with Crippen LogP contribution in [0, 0.1) is 0 Å². The molecule has 3 heteroatoms. The van der Waals surface area contributed by atoms with Crippen LogP contribution in [0.15, 0.2) is 54.6 Å². The zero-order chi connectivity index (χ0) is 15.4. The molecule has 1 aliphatic heterocycles. The predicted octanol–water partition coefficient (Wildman–Crippen LogP) is 2.88. The van der Waals surface area contributed by atoms with Crippen LogP contribution >= 0.6 is 0 Å². The molecule has 1 fully saturated rings. The van der Waals surface area contributed by atoms with Gasteiger partial charge in [-0.3, -0.25) is 0 Å². The van der Waals surface area contributed by atoms with Crippen molar-refractivity contribution < 1.29 is 9.84 Å². The molecule has 2 aromatic carbocycles. The Morgan fingerprint density at radius 2 is 2.00 bits per heavy atom. The summed E-state index contributed by atoms with van der Waals surface area (Å²) in [6.07, 6.45) is 0.569. The van der Waals surface area contributed by atoms with Crippen LogP contribution in [0.4, 0.5) is 0 Å². The maximum Gasteiger partial charge on any atom is 0.120 e. The maximum atomic E-state index is 10.3. The number of benzene rings is 2. The van der Waals surface area contributed by atoms with Gasteiger partial charge >= 0.3 is 0 Å². The zero-order valence-corrected chi connectivity index (χ0v) is 13.0. The van der Waals surface area contributed by atoms with Crippen LogP contribution < -0.4 is 10.1 Å². The average molecular weight is 297 g/mol. The first-order valence-electron chi connectivity index (χ1n) is 7.87. The molecular weight excluding hydrogens is 274 g/mol. The van der Waals surface area contributed by atoms with Crippen LogP contribution in [0.25, 0.3) is 0 Å². The van der Waals surface area contributed by atoms with Crippen molar-refractivity contribution in [2.45, 2.75) is 31.5 Å². The molecule has 0 amide bonds. The molecule has 0 radical (unpaired) electrons. The second-order valence-electron chi connectivity index (χ2n) is 6.06. The molecule has 3 nitrogen and oxygen atoms in total. The highest BCUT2D eigenvalue weighted by atomic mass is 16.5. The van der Waals surface area contributed by atoms with Gasteiger partial charge in [-0.25, -0.2) is 0 Å². The van der Waals surface area contributed by atoms with Crippen LogP contribution in [-0.4, -0.2) is 24.3 Å². The summed E-state index contributed by atoms with van der Waals surface area (Å²) in [6.45, 7) is 4.20. The molecule has 22 heavy (non-hydrogen) atoms. The van der Waals surface area contributed by atoms with E-state index in [9.17, 15) is 5.11 Å². The van der Waals surface area contributed by atoms with E-state index in [0.29, 0.717) is 6.61 Å². The Kier molecular flexibility index (Phi) is 4.46. The van der Waals surface area contributed by atoms with Crippen molar-refractivity contribution in [3.8, 4) is 5.75 Å². The molecule has 0 spiro atoms. The van der Waals surface area contributed by atoms with Crippen LogP contribution in [-0.2, 0) is 12.0 Å². The van der Waals surface area contributed by atoms with Gasteiger partial charge in [-0.2, -0.15) is 0 Å². The van der Waals surface area contributed by atoms with Crippen molar-refractivity contribution in [1.29, 1.82) is 0 Å². The fourth-order valence-corrected chi connectivity index (χ4v) is 3.19. The number of aliphatic hydroxyl groups is 1. The lowest BCUT2D eigenvalue weighted by atomic mass is 9.75. The molecule has 1 saturated heterocycles. The van der Waals surface area contributed by atoms with Gasteiger partial charge in [0, 0.05) is 12.0 Å². The molecule has 1 heterocycles. The first-order valence-corrected chi connectivity index (χ1v) is 7.87. The number of hydrogen-bond acceptors (Lipinski definition) is 3. The van der Waals surface area contributed by atoms with E-state index in [2.05, 4.69) is 29.6 Å². The highest BCUT2D eigenvalue weighted by Crippen LogP contribution is 2.35. The summed E-state index contributed by atoms with van der Waals surface area (Å²) in [6, 6.07) is 18.3. The van der Waals surface area contributed by atoms with Crippen LogP contribution in [0.1, 0.15) is 24.5 Å². The number of rotatable bonds is 5. The van der Waals surface area contributed by atoms with Gasteiger partial charge < -0.3 is 15.2 Å². The minimum atomic E-state index is -0.383. The van der Waals surface area contributed by atoms with Gasteiger partial charge in [0.1, 0.15) is 12.4 Å². The van der Waals surface area contributed by atoms with Crippen molar-refractivity contribution >= 4 is 0 Å². The quantitative estimate of drug-likeness (QED) is 0.891. The summed E-state index contributed by atoms with van der Waals surface area (Å²) >= 11 is 0. The van der Waals surface area contributed by atoms with Crippen LogP contribution in [0.5, 0.6) is 5.75 Å². The van der Waals surface area contributed by atoms with E-state index in [-0.39, 0.29) is 11.5 Å². The third-order valence-electron chi connectivity index (χ3n) is 4.65. The topological polar surface area (TPSA) is 41.5 Å². The van der Waals surface area contributed by atoms with E-state index < -0.39 is 0 Å². The fraction of sp³-hybridized carbons (Fsp3) is 0.368. The molecule has 0 saturated carbocycles. The molecule has 0 aromatic heterocycles. The molecule has 2 N–H and O–H groups in total. The lowest BCUT2D eigenvalue weighted by molar-refractivity contribution is 0.107. The van der Waals surface area contributed by atoms with Crippen molar-refractivity contribution in [3.05, 3.63) is 65.7 Å². The van der Waals surface area contributed by atoms with E-state index in [0.717, 1.165) is 36.4 Å². The van der Waals surface area contributed by atoms with E-state index in [1.807, 2.05) is 37.3 Å². The third kappa shape index (κ3) is 3.01. The van der Waals surface area contributed by atoms with Crippen LogP contribution in [0.3, 0.4) is 0 Å². The molecule has 3 rings (SSSR count). The van der Waals surface area contributed by atoms with Crippen molar-refractivity contribution in [1.82, 2.24) is 5.32 Å². The van der Waals surface area contributed by atoms with Gasteiger partial charge in [-0.05, 0) is 43.1 Å². The monoisotopic (exact) mass is 297 g/mol. The molecule has 1 aliphatic rings. The second-order valence-corrected chi connectivity index (χ2v) is 6.06. The standard InChI is InChI=1S/C19H23NO2/c1-15(21)19(10-11-20-14-19)17-8-5-9-18(12-17)22-13-16-6-3-2-4-7-16/h2-9,12,15,20-21H,10-11,13-14H2,1H3. The molecule has 0 aliphatic carbocycles. The summed E-state index contributed by atoms with van der Waals surface area (Å²) in [5.74, 6) is 0.855. The van der Waals surface area contributed by atoms with Gasteiger partial charge in [0.25, 0.3) is 0 Å². The van der Waals surface area contributed by atoms with E-state index in [1.165, 1.54) is 0 Å². The minimum absolute atomic E-state index is 0.202. The Morgan fingerprint density at radius 1 is 1.18 bits per heavy atom. The lowest BCUT2D eigenvalue weighted by Gasteiger charge is -2.32. The summed E-state index contributed by atoms with van der Waals surface area (Å²) in [5, 5.41) is 13.6. The number of hydrogen-bond donors (Lipinski definition) is 2. The van der Waals surface area contributed by atoms with E-state index >= 15 is 0 Å². The maximum absolute atomic E-state index is 10.3. The lowest BCUT2D eigenvalue weighted by Crippen LogP contribution is -2.39. The van der Waals surface area contributed by atoms with Gasteiger partial charge in [0.15, 0.2) is 0 Å². The highest BCUT2D eigenvalue weighted by Gasteiger charge is 2.40. The normalized spacial score (nSPS) is 22.5. The smallest absolute Gasteiger partial charge is 0.120 e. The van der Waals surface area contributed by atoms with Gasteiger partial charge in [0.2, 0.25) is 0 Å². The Morgan fingerprint density at radius 3 is 2.68 bits per heavy atom. The van der Waals surface area contributed by atoms with Crippen LogP contribution in [0.2, 0.25) is 0 Å². The Hall–Kier alpha value is -1.84. The summed E-state index contributed by atoms with van der Waals surface area (Å²) in [4.78, 5) is 0. The first-order chi connectivity index (χ1) is 10.7. The Balaban J connectivity index is 1.77. The Labute approximate surface area is 131 Å². The largest absolute Gasteiger partial charge is 0.489 e. The number of ether oxygens (including phenoxy) is 1. The van der Waals surface area contributed by atoms with Crippen molar-refractivity contribution in [3.63, 3.8) is 0 Å². The number of aliphatic hydroxyl groups excluding tert-OH is 1. The van der Waals surface area contributed by atoms with Crippen molar-refractivity contribution in [2.24, 2.45) is 0 Å². The molecule has 2 atom stereocenters. The zero-order valence-electron chi connectivity index (χ0n) is 13.0. The highest BCUT2D eigenvalue weighted by molar-refractivity contribution is 5.36. The molecule has 2 unspecified atom stereocenters. The predicted molar refractivity (Wildman–Crippen MR) is 88.1 cm³/mol. The average Bonchev–Trinajstić information content (AvgIpc) is 3.05. The summed E-state index contributed by atoms with van der Waals surface area (Å²) < 4.78 is 5.91.